The molecule has 116 valence electrons. The first kappa shape index (κ1) is 16.2. The van der Waals surface area contributed by atoms with Gasteiger partial charge in [-0.25, -0.2) is 4.79 Å². The number of rotatable bonds is 3. The second-order valence-corrected chi connectivity index (χ2v) is 7.18. The molecule has 1 aliphatic heterocycles. The normalized spacial score (nSPS) is 19.4. The van der Waals surface area contributed by atoms with E-state index in [-0.39, 0.29) is 11.4 Å². The van der Waals surface area contributed by atoms with E-state index in [9.17, 15) is 4.79 Å². The lowest BCUT2D eigenvalue weighted by Gasteiger charge is -2.33. The fourth-order valence-electron chi connectivity index (χ4n) is 2.79. The summed E-state index contributed by atoms with van der Waals surface area (Å²) in [5.74, 6) is 0.605. The highest BCUT2D eigenvalue weighted by Gasteiger charge is 2.25. The summed E-state index contributed by atoms with van der Waals surface area (Å²) in [5.41, 5.74) is 1.07. The first-order chi connectivity index (χ1) is 9.88. The van der Waals surface area contributed by atoms with Crippen LogP contribution in [0, 0.1) is 5.92 Å². The molecule has 1 fully saturated rings. The molecule has 0 spiro atoms. The van der Waals surface area contributed by atoms with Crippen LogP contribution in [0.4, 0.5) is 4.79 Å². The van der Waals surface area contributed by atoms with Gasteiger partial charge in [-0.15, -0.1) is 0 Å². The quantitative estimate of drug-likeness (QED) is 0.897. The fraction of sp³-hybridized carbons (Fsp3) is 0.588. The number of nitrogens with one attached hydrogen (secondary N) is 1. The Morgan fingerprint density at radius 3 is 2.67 bits per heavy atom. The summed E-state index contributed by atoms with van der Waals surface area (Å²) in [6, 6.07) is 7.90. The Labute approximate surface area is 132 Å². The van der Waals surface area contributed by atoms with Crippen LogP contribution in [-0.2, 0) is 5.41 Å². The van der Waals surface area contributed by atoms with Gasteiger partial charge in [-0.1, -0.05) is 44.5 Å². The van der Waals surface area contributed by atoms with E-state index in [0.29, 0.717) is 12.5 Å². The van der Waals surface area contributed by atoms with Crippen molar-refractivity contribution in [3.8, 4) is 0 Å². The maximum absolute atomic E-state index is 12.3. The second-order valence-electron chi connectivity index (χ2n) is 6.74. The Hall–Kier alpha value is -1.22. The maximum atomic E-state index is 12.3. The van der Waals surface area contributed by atoms with Gasteiger partial charge in [-0.3, -0.25) is 0 Å². The number of carbonyl (C=O) groups is 1. The van der Waals surface area contributed by atoms with E-state index in [1.54, 1.807) is 0 Å². The number of benzene rings is 1. The molecule has 1 N–H and O–H groups in total. The van der Waals surface area contributed by atoms with E-state index < -0.39 is 0 Å². The van der Waals surface area contributed by atoms with E-state index in [0.717, 1.165) is 24.5 Å². The zero-order valence-corrected chi connectivity index (χ0v) is 13.9. The molecule has 1 aliphatic rings. The van der Waals surface area contributed by atoms with E-state index >= 15 is 0 Å². The number of nitrogens with zero attached hydrogens (tertiary/aromatic N) is 1. The monoisotopic (exact) mass is 308 g/mol. The summed E-state index contributed by atoms with van der Waals surface area (Å²) in [5, 5.41) is 3.82. The Morgan fingerprint density at radius 2 is 2.05 bits per heavy atom. The van der Waals surface area contributed by atoms with Crippen LogP contribution in [0.25, 0.3) is 0 Å². The average molecular weight is 309 g/mol. The number of carbonyl (C=O) groups excluding carboxylic acids is 1. The predicted molar refractivity (Wildman–Crippen MR) is 87.8 cm³/mol. The number of urea groups is 1. The van der Waals surface area contributed by atoms with Gasteiger partial charge < -0.3 is 10.2 Å². The number of hydrogen-bond acceptors (Lipinski definition) is 1. The van der Waals surface area contributed by atoms with Crippen molar-refractivity contribution in [2.45, 2.75) is 39.0 Å². The zero-order valence-electron chi connectivity index (χ0n) is 13.2. The van der Waals surface area contributed by atoms with Crippen LogP contribution in [0.3, 0.4) is 0 Å². The molecule has 1 unspecified atom stereocenters. The highest BCUT2D eigenvalue weighted by molar-refractivity contribution is 6.30. The van der Waals surface area contributed by atoms with Crippen LogP contribution in [0.2, 0.25) is 5.02 Å². The Kier molecular flexibility index (Phi) is 5.15. The molecule has 0 bridgehead atoms. The van der Waals surface area contributed by atoms with Crippen molar-refractivity contribution in [2.24, 2.45) is 5.92 Å². The maximum Gasteiger partial charge on any atom is 0.317 e. The highest BCUT2D eigenvalue weighted by Crippen LogP contribution is 2.24. The molecule has 1 saturated heterocycles. The van der Waals surface area contributed by atoms with Gasteiger partial charge >= 0.3 is 6.03 Å². The molecular formula is C17H25ClN2O. The number of piperidine rings is 1. The van der Waals surface area contributed by atoms with Gasteiger partial charge in [0.25, 0.3) is 0 Å². The van der Waals surface area contributed by atoms with Gasteiger partial charge in [0.2, 0.25) is 0 Å². The van der Waals surface area contributed by atoms with Crippen molar-refractivity contribution in [1.29, 1.82) is 0 Å². The van der Waals surface area contributed by atoms with E-state index in [1.165, 1.54) is 12.0 Å². The van der Waals surface area contributed by atoms with Crippen LogP contribution in [0.1, 0.15) is 39.2 Å². The molecule has 1 aromatic rings. The molecule has 1 heterocycles. The van der Waals surface area contributed by atoms with Crippen LogP contribution in [0.5, 0.6) is 0 Å². The third-order valence-corrected chi connectivity index (χ3v) is 4.50. The van der Waals surface area contributed by atoms with Gasteiger partial charge in [-0.05, 0) is 36.5 Å². The molecular weight excluding hydrogens is 284 g/mol. The van der Waals surface area contributed by atoms with Crippen LogP contribution in [-0.4, -0.2) is 30.6 Å². The molecule has 0 aliphatic carbocycles. The summed E-state index contributed by atoms with van der Waals surface area (Å²) in [4.78, 5) is 14.2. The minimum absolute atomic E-state index is 0.0589. The van der Waals surface area contributed by atoms with Gasteiger partial charge in [0, 0.05) is 30.1 Å². The van der Waals surface area contributed by atoms with E-state index in [2.05, 4.69) is 26.1 Å². The Morgan fingerprint density at radius 1 is 1.38 bits per heavy atom. The standard InChI is InChI=1S/C17H25ClN2O/c1-13-5-4-10-20(11-13)16(21)19-12-17(2,3)14-6-8-15(18)9-7-14/h6-9,13H,4-5,10-12H2,1-3H3,(H,19,21). The predicted octanol–water partition coefficient (Wildman–Crippen LogP) is 4.06. The smallest absolute Gasteiger partial charge is 0.317 e. The molecule has 0 aromatic heterocycles. The molecule has 3 nitrogen and oxygen atoms in total. The second kappa shape index (κ2) is 6.69. The molecule has 0 radical (unpaired) electrons. The minimum atomic E-state index is -0.109. The van der Waals surface area contributed by atoms with Gasteiger partial charge in [-0.2, -0.15) is 0 Å². The van der Waals surface area contributed by atoms with Gasteiger partial charge in [0.05, 0.1) is 0 Å². The molecule has 1 atom stereocenters. The summed E-state index contributed by atoms with van der Waals surface area (Å²) < 4.78 is 0. The van der Waals surface area contributed by atoms with E-state index in [4.69, 9.17) is 11.6 Å². The van der Waals surface area contributed by atoms with Gasteiger partial charge in [0.1, 0.15) is 0 Å². The third-order valence-electron chi connectivity index (χ3n) is 4.25. The molecule has 4 heteroatoms. The number of halogens is 1. The molecule has 2 rings (SSSR count). The Balaban J connectivity index is 1.91. The summed E-state index contributed by atoms with van der Waals surface area (Å²) in [7, 11) is 0. The third kappa shape index (κ3) is 4.37. The number of hydrogen-bond donors (Lipinski definition) is 1. The van der Waals surface area contributed by atoms with Gasteiger partial charge in [0.15, 0.2) is 0 Å². The first-order valence-electron chi connectivity index (χ1n) is 7.67. The number of likely N-dealkylation sites (tertiary alicyclic amines) is 1. The first-order valence-corrected chi connectivity index (χ1v) is 8.05. The van der Waals surface area contributed by atoms with Crippen molar-refractivity contribution < 1.29 is 4.79 Å². The van der Waals surface area contributed by atoms with Crippen LogP contribution in [0.15, 0.2) is 24.3 Å². The fourth-order valence-corrected chi connectivity index (χ4v) is 2.91. The largest absolute Gasteiger partial charge is 0.337 e. The summed E-state index contributed by atoms with van der Waals surface area (Å²) in [6.07, 6.45) is 2.33. The lowest BCUT2D eigenvalue weighted by atomic mass is 9.84. The molecule has 0 saturated carbocycles. The van der Waals surface area contributed by atoms with Crippen molar-refractivity contribution in [3.63, 3.8) is 0 Å². The minimum Gasteiger partial charge on any atom is -0.337 e. The van der Waals surface area contributed by atoms with Crippen LogP contribution >= 0.6 is 11.6 Å². The molecule has 2 amide bonds. The van der Waals surface area contributed by atoms with Crippen LogP contribution < -0.4 is 5.32 Å². The number of amides is 2. The van der Waals surface area contributed by atoms with Crippen molar-refractivity contribution >= 4 is 17.6 Å². The van der Waals surface area contributed by atoms with Crippen molar-refractivity contribution in [3.05, 3.63) is 34.9 Å². The molecule has 1 aromatic carbocycles. The highest BCUT2D eigenvalue weighted by atomic mass is 35.5. The molecule has 21 heavy (non-hydrogen) atoms. The summed E-state index contributed by atoms with van der Waals surface area (Å²) >= 11 is 5.93. The van der Waals surface area contributed by atoms with Crippen molar-refractivity contribution in [1.82, 2.24) is 10.2 Å². The van der Waals surface area contributed by atoms with E-state index in [1.807, 2.05) is 29.2 Å². The topological polar surface area (TPSA) is 32.3 Å². The average Bonchev–Trinajstić information content (AvgIpc) is 2.45. The SMILES string of the molecule is CC1CCCN(C(=O)NCC(C)(C)c2ccc(Cl)cc2)C1. The summed E-state index contributed by atoms with van der Waals surface area (Å²) in [6.45, 7) is 8.84. The van der Waals surface area contributed by atoms with Crippen molar-refractivity contribution in [2.75, 3.05) is 19.6 Å². The lowest BCUT2D eigenvalue weighted by Crippen LogP contribution is -2.48. The Bertz CT molecular complexity index is 484. The lowest BCUT2D eigenvalue weighted by molar-refractivity contribution is 0.168. The zero-order chi connectivity index (χ0) is 15.5.